The number of carbonyl (C=O) groups is 5. The standard InChI is InChI=1S/C25H34N4O8/c1-25(2,3)37-24(34)26-10-12-36-14-13-35-11-9-21(31)27-18-6-4-5-16-17(18)15-29(23(16)33)19-7-8-20(30)28-22(19)32/h4-6,19H,7-15H2,1-3H3,(H,26,34)(H,27,31)(H,28,30,32). The fourth-order valence-electron chi connectivity index (χ4n) is 3.94. The average molecular weight is 519 g/mol. The molecular formula is C25H34N4O8. The highest BCUT2D eigenvalue weighted by Gasteiger charge is 2.39. The SMILES string of the molecule is CC(C)(C)OC(=O)NCCOCCOCCC(=O)Nc1cccc2c1CN(C1CCC(=O)NC1=O)C2=O. The fourth-order valence-corrected chi connectivity index (χ4v) is 3.94. The van der Waals surface area contributed by atoms with Crippen LogP contribution in [0.5, 0.6) is 0 Å². The Morgan fingerprint density at radius 1 is 1.08 bits per heavy atom. The van der Waals surface area contributed by atoms with Crippen LogP contribution >= 0.6 is 0 Å². The van der Waals surface area contributed by atoms with Crippen LogP contribution in [0.25, 0.3) is 0 Å². The molecule has 12 nitrogen and oxygen atoms in total. The molecule has 0 aromatic heterocycles. The molecule has 1 saturated heterocycles. The van der Waals surface area contributed by atoms with Gasteiger partial charge in [-0.2, -0.15) is 0 Å². The molecule has 202 valence electrons. The van der Waals surface area contributed by atoms with Crippen molar-refractivity contribution in [2.24, 2.45) is 0 Å². The smallest absolute Gasteiger partial charge is 0.407 e. The van der Waals surface area contributed by atoms with E-state index in [0.29, 0.717) is 36.6 Å². The van der Waals surface area contributed by atoms with Crippen molar-refractivity contribution in [1.82, 2.24) is 15.5 Å². The van der Waals surface area contributed by atoms with E-state index < -0.39 is 23.6 Å². The maximum absolute atomic E-state index is 12.9. The second-order valence-electron chi connectivity index (χ2n) is 9.68. The zero-order valence-electron chi connectivity index (χ0n) is 21.4. The first-order valence-electron chi connectivity index (χ1n) is 12.2. The number of rotatable bonds is 11. The fraction of sp³-hybridized carbons (Fsp3) is 0.560. The van der Waals surface area contributed by atoms with Crippen LogP contribution in [0.2, 0.25) is 0 Å². The number of nitrogens with zero attached hydrogens (tertiary/aromatic N) is 1. The van der Waals surface area contributed by atoms with E-state index in [9.17, 15) is 24.0 Å². The molecule has 37 heavy (non-hydrogen) atoms. The summed E-state index contributed by atoms with van der Waals surface area (Å²) in [6.07, 6.45) is 0.0476. The molecule has 1 unspecified atom stereocenters. The lowest BCUT2D eigenvalue weighted by Crippen LogP contribution is -2.52. The van der Waals surface area contributed by atoms with Gasteiger partial charge in [-0.25, -0.2) is 4.79 Å². The Hall–Kier alpha value is -3.51. The minimum Gasteiger partial charge on any atom is -0.444 e. The van der Waals surface area contributed by atoms with Crippen LogP contribution in [0.4, 0.5) is 10.5 Å². The van der Waals surface area contributed by atoms with E-state index in [4.69, 9.17) is 14.2 Å². The van der Waals surface area contributed by atoms with E-state index in [1.807, 2.05) is 0 Å². The van der Waals surface area contributed by atoms with Gasteiger partial charge in [0.1, 0.15) is 11.6 Å². The lowest BCUT2D eigenvalue weighted by molar-refractivity contribution is -0.137. The zero-order chi connectivity index (χ0) is 27.0. The van der Waals surface area contributed by atoms with Crippen molar-refractivity contribution in [2.75, 3.05) is 38.3 Å². The Balaban J connectivity index is 1.35. The molecule has 2 aliphatic heterocycles. The van der Waals surface area contributed by atoms with E-state index in [1.165, 1.54) is 4.90 Å². The van der Waals surface area contributed by atoms with Crippen LogP contribution < -0.4 is 16.0 Å². The van der Waals surface area contributed by atoms with Crippen molar-refractivity contribution in [2.45, 2.75) is 58.2 Å². The highest BCUT2D eigenvalue weighted by atomic mass is 16.6. The molecule has 1 atom stereocenters. The third kappa shape index (κ3) is 8.25. The molecule has 0 radical (unpaired) electrons. The summed E-state index contributed by atoms with van der Waals surface area (Å²) in [5.74, 6) is -1.40. The van der Waals surface area contributed by atoms with E-state index in [0.717, 1.165) is 0 Å². The molecular weight excluding hydrogens is 484 g/mol. The maximum atomic E-state index is 12.9. The minimum atomic E-state index is -0.718. The summed E-state index contributed by atoms with van der Waals surface area (Å²) in [5, 5.41) is 7.68. The number of nitrogens with one attached hydrogen (secondary N) is 3. The molecule has 1 fully saturated rings. The van der Waals surface area contributed by atoms with Gasteiger partial charge in [0.2, 0.25) is 17.7 Å². The van der Waals surface area contributed by atoms with Gasteiger partial charge in [-0.05, 0) is 39.3 Å². The first-order valence-corrected chi connectivity index (χ1v) is 12.2. The number of benzene rings is 1. The van der Waals surface area contributed by atoms with Gasteiger partial charge in [0.25, 0.3) is 5.91 Å². The quantitative estimate of drug-likeness (QED) is 0.293. The molecule has 2 heterocycles. The number of hydrogen-bond acceptors (Lipinski definition) is 8. The highest BCUT2D eigenvalue weighted by molar-refractivity contribution is 6.06. The molecule has 0 aliphatic carbocycles. The van der Waals surface area contributed by atoms with Crippen molar-refractivity contribution in [3.8, 4) is 0 Å². The summed E-state index contributed by atoms with van der Waals surface area (Å²) in [7, 11) is 0. The molecule has 0 bridgehead atoms. The summed E-state index contributed by atoms with van der Waals surface area (Å²) in [5.41, 5.74) is 1.02. The van der Waals surface area contributed by atoms with Crippen molar-refractivity contribution in [1.29, 1.82) is 0 Å². The topological polar surface area (TPSA) is 152 Å². The minimum absolute atomic E-state index is 0.106. The molecule has 3 rings (SSSR count). The molecule has 1 aromatic rings. The third-order valence-corrected chi connectivity index (χ3v) is 5.62. The van der Waals surface area contributed by atoms with Gasteiger partial charge in [-0.15, -0.1) is 0 Å². The molecule has 1 aromatic carbocycles. The van der Waals surface area contributed by atoms with Gasteiger partial charge >= 0.3 is 6.09 Å². The van der Waals surface area contributed by atoms with Gasteiger partial charge < -0.3 is 29.7 Å². The van der Waals surface area contributed by atoms with Crippen LogP contribution in [-0.2, 0) is 35.1 Å². The van der Waals surface area contributed by atoms with Gasteiger partial charge in [0, 0.05) is 36.3 Å². The van der Waals surface area contributed by atoms with Crippen molar-refractivity contribution >= 4 is 35.4 Å². The van der Waals surface area contributed by atoms with E-state index >= 15 is 0 Å². The van der Waals surface area contributed by atoms with Crippen molar-refractivity contribution < 1.29 is 38.2 Å². The Morgan fingerprint density at radius 3 is 2.51 bits per heavy atom. The van der Waals surface area contributed by atoms with E-state index in [1.54, 1.807) is 39.0 Å². The average Bonchev–Trinajstić information content (AvgIpc) is 3.14. The number of ether oxygens (including phenoxy) is 3. The summed E-state index contributed by atoms with van der Waals surface area (Å²) in [6.45, 7) is 6.91. The lowest BCUT2D eigenvalue weighted by Gasteiger charge is -2.29. The van der Waals surface area contributed by atoms with E-state index in [2.05, 4.69) is 16.0 Å². The Kier molecular flexibility index (Phi) is 9.59. The Labute approximate surface area is 215 Å². The number of alkyl carbamates (subject to hydrolysis) is 1. The number of amides is 5. The summed E-state index contributed by atoms with van der Waals surface area (Å²) in [6, 6.07) is 4.32. The molecule has 2 aliphatic rings. The Morgan fingerprint density at radius 2 is 1.81 bits per heavy atom. The number of fused-ring (bicyclic) bond motifs is 1. The first-order chi connectivity index (χ1) is 17.5. The Bertz CT molecular complexity index is 1040. The number of piperidine rings is 1. The number of hydrogen-bond donors (Lipinski definition) is 3. The molecule has 12 heteroatoms. The monoisotopic (exact) mass is 518 g/mol. The second kappa shape index (κ2) is 12.6. The summed E-state index contributed by atoms with van der Waals surface area (Å²) in [4.78, 5) is 61.9. The molecule has 5 amide bonds. The predicted octanol–water partition coefficient (Wildman–Crippen LogP) is 1.33. The van der Waals surface area contributed by atoms with E-state index in [-0.39, 0.29) is 56.7 Å². The van der Waals surface area contributed by atoms with Crippen molar-refractivity contribution in [3.63, 3.8) is 0 Å². The van der Waals surface area contributed by atoms with Crippen LogP contribution in [0.3, 0.4) is 0 Å². The molecule has 0 spiro atoms. The van der Waals surface area contributed by atoms with Gasteiger partial charge in [0.05, 0.1) is 32.8 Å². The van der Waals surface area contributed by atoms with Crippen LogP contribution in [0, 0.1) is 0 Å². The second-order valence-corrected chi connectivity index (χ2v) is 9.68. The summed E-state index contributed by atoms with van der Waals surface area (Å²) < 4.78 is 15.9. The molecule has 0 saturated carbocycles. The number of anilines is 1. The van der Waals surface area contributed by atoms with Gasteiger partial charge in [-0.3, -0.25) is 24.5 Å². The lowest BCUT2D eigenvalue weighted by atomic mass is 10.0. The van der Waals surface area contributed by atoms with Crippen LogP contribution in [0.1, 0.15) is 56.0 Å². The number of carbonyl (C=O) groups excluding carboxylic acids is 5. The maximum Gasteiger partial charge on any atom is 0.407 e. The molecule has 3 N–H and O–H groups in total. The van der Waals surface area contributed by atoms with Crippen LogP contribution in [-0.4, -0.2) is 79.2 Å². The van der Waals surface area contributed by atoms with Crippen molar-refractivity contribution in [3.05, 3.63) is 29.3 Å². The predicted molar refractivity (Wildman–Crippen MR) is 132 cm³/mol. The van der Waals surface area contributed by atoms with Gasteiger partial charge in [-0.1, -0.05) is 6.07 Å². The number of imide groups is 1. The van der Waals surface area contributed by atoms with Crippen LogP contribution in [0.15, 0.2) is 18.2 Å². The third-order valence-electron chi connectivity index (χ3n) is 5.62. The highest BCUT2D eigenvalue weighted by Crippen LogP contribution is 2.32. The first kappa shape index (κ1) is 28.1. The van der Waals surface area contributed by atoms with Gasteiger partial charge in [0.15, 0.2) is 0 Å². The summed E-state index contributed by atoms with van der Waals surface area (Å²) >= 11 is 0. The zero-order valence-corrected chi connectivity index (χ0v) is 21.4. The largest absolute Gasteiger partial charge is 0.444 e. The normalized spacial score (nSPS) is 17.3.